The van der Waals surface area contributed by atoms with E-state index >= 15 is 0 Å². The summed E-state index contributed by atoms with van der Waals surface area (Å²) in [5.41, 5.74) is 16.0. The maximum Gasteiger partial charge on any atom is 0.281 e. The Balaban J connectivity index is 0.000000166. The van der Waals surface area contributed by atoms with E-state index in [1.165, 1.54) is 122 Å². The molecular formula is C97H118F3N19O15S4. The minimum absolute atomic E-state index is 0.0160. The summed E-state index contributed by atoms with van der Waals surface area (Å²) in [5.74, 6) is -0.0959. The number of nitrogen functional groups attached to an aromatic ring is 2. The number of pyridine rings is 5. The highest BCUT2D eigenvalue weighted by atomic mass is 32.2. The second-order valence-corrected chi connectivity index (χ2v) is 43.1. The van der Waals surface area contributed by atoms with Crippen molar-refractivity contribution in [2.24, 2.45) is 29.6 Å². The number of aromatic nitrogens is 9. The van der Waals surface area contributed by atoms with E-state index < -0.39 is 75.4 Å². The third kappa shape index (κ3) is 27.2. The Bertz CT molecular complexity index is 6580. The number of hydrogen-bond acceptors (Lipinski definition) is 28. The normalized spacial score (nSPS) is 16.2. The Morgan fingerprint density at radius 3 is 1.38 bits per heavy atom. The van der Waals surface area contributed by atoms with Gasteiger partial charge >= 0.3 is 0 Å². The second kappa shape index (κ2) is 45.4. The molecule has 15 rings (SSSR count). The van der Waals surface area contributed by atoms with Gasteiger partial charge in [0.05, 0.1) is 76.4 Å². The smallest absolute Gasteiger partial charge is 0.281 e. The van der Waals surface area contributed by atoms with E-state index in [1.807, 2.05) is 56.2 Å². The zero-order valence-corrected chi connectivity index (χ0v) is 82.2. The molecule has 736 valence electrons. The molecule has 4 aromatic carbocycles. The topological polar surface area (TPSA) is 467 Å². The number of rotatable bonds is 28. The summed E-state index contributed by atoms with van der Waals surface area (Å²) in [6, 6.07) is 40.0. The fraction of sp³-hybridized carbons (Fsp3) is 0.392. The summed E-state index contributed by atoms with van der Waals surface area (Å²) in [7, 11) is -14.9. The zero-order valence-electron chi connectivity index (χ0n) is 79.0. The summed E-state index contributed by atoms with van der Waals surface area (Å²) < 4.78 is 169. The molecule has 4 fully saturated rings. The number of amides is 4. The lowest BCUT2D eigenvalue weighted by Crippen LogP contribution is -2.39. The van der Waals surface area contributed by atoms with Gasteiger partial charge in [0, 0.05) is 104 Å². The molecule has 41 heteroatoms. The molecule has 0 spiro atoms. The largest absolute Gasteiger partial charge is 0.493 e. The van der Waals surface area contributed by atoms with Gasteiger partial charge in [-0.05, 0) is 240 Å². The average Bonchev–Trinajstić information content (AvgIpc) is 1.44. The van der Waals surface area contributed by atoms with Crippen LogP contribution in [-0.4, -0.2) is 181 Å². The number of ether oxygens (including phenoxy) is 3. The first kappa shape index (κ1) is 104. The van der Waals surface area contributed by atoms with E-state index in [0.717, 1.165) is 76.6 Å². The molecule has 7 aromatic heterocycles. The van der Waals surface area contributed by atoms with Gasteiger partial charge in [-0.2, -0.15) is 35.5 Å². The lowest BCUT2D eigenvalue weighted by molar-refractivity contribution is 0.0972. The number of methoxy groups -OCH3 is 1. The number of halogens is 3. The first-order chi connectivity index (χ1) is 65.4. The Labute approximate surface area is 803 Å². The number of hydrogen-bond donors (Lipinski definition) is 8. The van der Waals surface area contributed by atoms with Crippen LogP contribution in [0.1, 0.15) is 181 Å². The van der Waals surface area contributed by atoms with Crippen molar-refractivity contribution in [2.75, 3.05) is 97.3 Å². The molecule has 11 aromatic rings. The minimum Gasteiger partial charge on any atom is -0.493 e. The van der Waals surface area contributed by atoms with E-state index in [1.54, 1.807) is 61.7 Å². The van der Waals surface area contributed by atoms with Crippen LogP contribution in [0.5, 0.6) is 11.5 Å². The molecule has 0 saturated carbocycles. The number of piperidine rings is 3. The van der Waals surface area contributed by atoms with Gasteiger partial charge in [-0.1, -0.05) is 74.8 Å². The highest BCUT2D eigenvalue weighted by Gasteiger charge is 2.37. The van der Waals surface area contributed by atoms with Gasteiger partial charge in [0.1, 0.15) is 58.0 Å². The zero-order chi connectivity index (χ0) is 99.7. The minimum atomic E-state index is -4.24. The van der Waals surface area contributed by atoms with E-state index in [-0.39, 0.29) is 89.1 Å². The Morgan fingerprint density at radius 1 is 0.471 bits per heavy atom. The number of benzene rings is 4. The summed E-state index contributed by atoms with van der Waals surface area (Å²) in [4.78, 5) is 83.3. The molecule has 34 nitrogen and oxygen atoms in total. The maximum atomic E-state index is 14.5. The third-order valence-corrected chi connectivity index (χ3v) is 28.6. The molecule has 0 aliphatic carbocycles. The quantitative estimate of drug-likeness (QED) is 0.0211. The van der Waals surface area contributed by atoms with Gasteiger partial charge in [-0.3, -0.25) is 29.4 Å². The number of nitrogens with zero attached hydrogens (tertiary/aromatic N) is 11. The number of aromatic amines is 2. The highest BCUT2D eigenvalue weighted by Crippen LogP contribution is 2.38. The van der Waals surface area contributed by atoms with Crippen LogP contribution in [0, 0.1) is 47.0 Å². The van der Waals surface area contributed by atoms with Crippen LogP contribution in [0.2, 0.25) is 0 Å². The van der Waals surface area contributed by atoms with Gasteiger partial charge in [0.25, 0.3) is 63.7 Å². The molecule has 4 amide bonds. The molecule has 138 heavy (non-hydrogen) atoms. The lowest BCUT2D eigenvalue weighted by Gasteiger charge is -2.34. The molecule has 0 radical (unpaired) electrons. The Morgan fingerprint density at radius 2 is 0.920 bits per heavy atom. The number of H-pyrrole nitrogens is 2. The summed E-state index contributed by atoms with van der Waals surface area (Å²) in [5, 5.41) is 11.2. The third-order valence-electron chi connectivity index (χ3n) is 23.5. The van der Waals surface area contributed by atoms with Crippen LogP contribution in [0.4, 0.5) is 47.9 Å². The van der Waals surface area contributed by atoms with Crippen molar-refractivity contribution in [3.8, 4) is 45.3 Å². The van der Waals surface area contributed by atoms with Gasteiger partial charge in [-0.15, -0.1) is 0 Å². The second-order valence-electron chi connectivity index (χ2n) is 36.4. The highest BCUT2D eigenvalue weighted by molar-refractivity contribution is 7.91. The van der Waals surface area contributed by atoms with Crippen molar-refractivity contribution < 1.29 is 80.2 Å². The fourth-order valence-electron chi connectivity index (χ4n) is 16.0. The number of sulfonamides is 4. The van der Waals surface area contributed by atoms with E-state index in [0.29, 0.717) is 132 Å². The number of carbonyl (C=O) groups excluding carboxylic acids is 4. The van der Waals surface area contributed by atoms with Gasteiger partial charge in [0.15, 0.2) is 15.1 Å². The van der Waals surface area contributed by atoms with Crippen LogP contribution in [0.3, 0.4) is 0 Å². The molecule has 4 saturated heterocycles. The van der Waals surface area contributed by atoms with Crippen LogP contribution < -0.4 is 59.4 Å². The number of nitrogens with two attached hydrogens (primary N) is 2. The van der Waals surface area contributed by atoms with Crippen LogP contribution in [-0.2, 0) is 50.2 Å². The first-order valence-corrected chi connectivity index (χ1v) is 51.4. The van der Waals surface area contributed by atoms with E-state index in [9.17, 15) is 66.0 Å². The van der Waals surface area contributed by atoms with Gasteiger partial charge < -0.3 is 45.3 Å². The first-order valence-electron chi connectivity index (χ1n) is 45.5. The Hall–Kier alpha value is -13.1. The molecule has 4 aliphatic heterocycles. The van der Waals surface area contributed by atoms with Crippen molar-refractivity contribution in [1.29, 1.82) is 0 Å². The van der Waals surface area contributed by atoms with Gasteiger partial charge in [-0.25, -0.2) is 65.4 Å². The van der Waals surface area contributed by atoms with Crippen molar-refractivity contribution in [1.82, 2.24) is 64.2 Å². The van der Waals surface area contributed by atoms with Crippen molar-refractivity contribution in [3.63, 3.8) is 0 Å². The Kier molecular flexibility index (Phi) is 34.2. The number of carbonyl (C=O) groups is 4. The van der Waals surface area contributed by atoms with Crippen molar-refractivity contribution in [3.05, 3.63) is 222 Å². The van der Waals surface area contributed by atoms with Crippen molar-refractivity contribution >= 4 is 98.5 Å². The van der Waals surface area contributed by atoms with Crippen LogP contribution in [0.25, 0.3) is 33.8 Å². The summed E-state index contributed by atoms with van der Waals surface area (Å²) in [6.07, 6.45) is 11.1. The van der Waals surface area contributed by atoms with Crippen LogP contribution in [0.15, 0.2) is 196 Å². The van der Waals surface area contributed by atoms with Crippen molar-refractivity contribution in [2.45, 2.75) is 171 Å². The molecule has 11 heterocycles. The summed E-state index contributed by atoms with van der Waals surface area (Å²) in [6.45, 7) is 28.2. The SMILES string of the molecule is CC1CCN(c2nc(C(C)(C)C)ccc2C(=O)NS(=O)(=O)c2ccc(N)cc2)CC1.CCC1CCN(c2nc(-c3cc(F)cc(OCC(C)C)c3)ccc2C(=O)NS(=O)(=O)c2ccn[nH]2)CC1.COCC1CCCN(c2nc(-c3cc(F)cc(OCC(C)C)c3)ccc2C(=O)NS(=O)(=O)c2ccn[nH]2)C1.C[C@@H]1CC[C@H](C)N1c1nc(-c2ccc(F)cc2)ccc1C(=O)NS(=O)(=O)c1cccc(N)n1. The monoisotopic (exact) mass is 1970 g/mol. The van der Waals surface area contributed by atoms with Crippen LogP contribution >= 0.6 is 0 Å². The fourth-order valence-corrected chi connectivity index (χ4v) is 19.7. The number of nitrogens with one attached hydrogen (secondary N) is 6. The predicted molar refractivity (Wildman–Crippen MR) is 521 cm³/mol. The standard InChI is InChI=1S/C26H32FN5O5S.C26H32FN5O4S.C23H24FN5O3S.C22H30N4O3S/c1-17(2)15-37-21-12-19(11-20(27)13-21)23-7-6-22(26(33)31-38(34,35)24-8-9-28-30-24)25(29-23)32-10-4-5-18(14-32)16-36-3;1-4-18-8-11-32(12-9-18)25-22(26(33)31-37(34,35)24-7-10-28-30-24)5-6-23(29-25)19-13-20(27)15-21(14-19)36-16-17(2)3;1-14-6-7-15(2)29(14)22-18(12-13-19(26-22)16-8-10-17(24)11-9-16)23(30)28-33(31,32)21-5-3-4-20(25)27-21;1-15-11-13-26(14-12-15)20-18(9-10-19(24-20)22(2,3)4)21(27)25-30(28,29)17-7-5-16(23)6-8-17/h6-9,11-13,17-18H,4-5,10,14-16H2,1-3H3,(H,28,30)(H,31,33);5-7,10,13-15,17-18H,4,8-9,11-12,16H2,1-3H3,(H,28,30)(H,31,33);3-5,8-15H,6-7H2,1-2H3,(H2,25,27)(H,28,30);5-10,15H,11-14,23H2,1-4H3,(H,25,27)/t;;14-,15+;. The van der Waals surface area contributed by atoms with E-state index in [4.69, 9.17) is 45.6 Å². The van der Waals surface area contributed by atoms with E-state index in [2.05, 4.69) is 83.8 Å². The molecule has 1 unspecified atom stereocenters. The average molecular weight is 1980 g/mol. The van der Waals surface area contributed by atoms with Gasteiger partial charge in [0.2, 0.25) is 0 Å². The lowest BCUT2D eigenvalue weighted by atomic mass is 9.91. The number of anilines is 6. The maximum absolute atomic E-state index is 14.5. The molecule has 4 aliphatic rings. The molecule has 3 atom stereocenters. The summed E-state index contributed by atoms with van der Waals surface area (Å²) >= 11 is 0. The predicted octanol–water partition coefficient (Wildman–Crippen LogP) is 14.7. The molecule has 10 N–H and O–H groups in total. The molecular weight excluding hydrogens is 1860 g/mol. The molecule has 0 bridgehead atoms.